The number of rotatable bonds is 4. The number of nitrogens with zero attached hydrogens (tertiary/aromatic N) is 2. The van der Waals surface area contributed by atoms with E-state index in [9.17, 15) is 0 Å². The fourth-order valence-corrected chi connectivity index (χ4v) is 2.40. The molecule has 0 radical (unpaired) electrons. The molecule has 0 aliphatic heterocycles. The van der Waals surface area contributed by atoms with Crippen LogP contribution in [-0.2, 0) is 0 Å². The molecule has 98 valence electrons. The predicted octanol–water partition coefficient (Wildman–Crippen LogP) is 4.05. The van der Waals surface area contributed by atoms with Gasteiger partial charge in [0.15, 0.2) is 0 Å². The van der Waals surface area contributed by atoms with Crippen LogP contribution >= 0.6 is 0 Å². The molecular formula is C15H18N2OSi. The summed E-state index contributed by atoms with van der Waals surface area (Å²) in [4.78, 5) is 8.69. The van der Waals surface area contributed by atoms with Crippen molar-refractivity contribution in [2.24, 2.45) is 4.99 Å². The summed E-state index contributed by atoms with van der Waals surface area (Å²) in [7, 11) is -1.63. The largest absolute Gasteiger partial charge is 0.543 e. The molecule has 0 atom stereocenters. The predicted molar refractivity (Wildman–Crippen MR) is 81.9 cm³/mol. The lowest BCUT2D eigenvalue weighted by molar-refractivity contribution is 0.559. The van der Waals surface area contributed by atoms with Gasteiger partial charge in [0.1, 0.15) is 11.4 Å². The first-order valence-electron chi connectivity index (χ1n) is 6.28. The van der Waals surface area contributed by atoms with Crippen molar-refractivity contribution >= 4 is 20.2 Å². The van der Waals surface area contributed by atoms with Crippen LogP contribution in [0.5, 0.6) is 5.75 Å². The second-order valence-corrected chi connectivity index (χ2v) is 9.62. The van der Waals surface area contributed by atoms with Crippen molar-refractivity contribution in [2.45, 2.75) is 19.6 Å². The molecule has 0 amide bonds. The monoisotopic (exact) mass is 270 g/mol. The van der Waals surface area contributed by atoms with Gasteiger partial charge in [-0.25, -0.2) is 0 Å². The van der Waals surface area contributed by atoms with Gasteiger partial charge in [-0.3, -0.25) is 9.98 Å². The van der Waals surface area contributed by atoms with Gasteiger partial charge in [-0.05, 0) is 43.9 Å². The highest BCUT2D eigenvalue weighted by atomic mass is 28.4. The first-order chi connectivity index (χ1) is 9.04. The molecule has 1 aromatic heterocycles. The topological polar surface area (TPSA) is 34.5 Å². The van der Waals surface area contributed by atoms with Crippen LogP contribution < -0.4 is 4.43 Å². The van der Waals surface area contributed by atoms with E-state index in [2.05, 4.69) is 29.6 Å². The third-order valence-corrected chi connectivity index (χ3v) is 3.14. The number of pyridine rings is 1. The molecule has 0 saturated heterocycles. The number of aromatic nitrogens is 1. The SMILES string of the molecule is C[Si](C)(C)Oc1ccccc1/N=C/c1ccccn1. The van der Waals surface area contributed by atoms with Crippen molar-refractivity contribution in [1.29, 1.82) is 0 Å². The average Bonchev–Trinajstić information content (AvgIpc) is 2.37. The zero-order chi connectivity index (χ0) is 13.7. The van der Waals surface area contributed by atoms with Gasteiger partial charge in [0.05, 0.1) is 11.9 Å². The highest BCUT2D eigenvalue weighted by molar-refractivity contribution is 6.70. The van der Waals surface area contributed by atoms with Crippen LogP contribution in [0.1, 0.15) is 5.69 Å². The highest BCUT2D eigenvalue weighted by Crippen LogP contribution is 2.28. The molecule has 19 heavy (non-hydrogen) atoms. The van der Waals surface area contributed by atoms with E-state index in [4.69, 9.17) is 4.43 Å². The van der Waals surface area contributed by atoms with Crippen LogP contribution in [0, 0.1) is 0 Å². The first kappa shape index (κ1) is 13.5. The van der Waals surface area contributed by atoms with Crippen LogP contribution in [0.25, 0.3) is 0 Å². The van der Waals surface area contributed by atoms with Gasteiger partial charge < -0.3 is 4.43 Å². The summed E-state index contributed by atoms with van der Waals surface area (Å²) in [6, 6.07) is 13.6. The lowest BCUT2D eigenvalue weighted by Gasteiger charge is -2.20. The number of benzene rings is 1. The van der Waals surface area contributed by atoms with E-state index in [0.717, 1.165) is 17.1 Å². The standard InChI is InChI=1S/C15H18N2OSi/c1-19(2,3)18-15-10-5-4-9-14(15)17-12-13-8-6-7-11-16-13/h4-12H,1-3H3/b17-12+. The maximum atomic E-state index is 6.03. The lowest BCUT2D eigenvalue weighted by Crippen LogP contribution is -2.29. The van der Waals surface area contributed by atoms with Crippen molar-refractivity contribution in [3.8, 4) is 5.75 Å². The molecule has 2 rings (SSSR count). The van der Waals surface area contributed by atoms with Crippen molar-refractivity contribution in [3.05, 3.63) is 54.4 Å². The lowest BCUT2D eigenvalue weighted by atomic mass is 10.3. The van der Waals surface area contributed by atoms with Gasteiger partial charge in [-0.2, -0.15) is 0 Å². The molecule has 0 aliphatic rings. The Hall–Kier alpha value is -1.94. The summed E-state index contributed by atoms with van der Waals surface area (Å²) in [6.07, 6.45) is 3.51. The van der Waals surface area contributed by atoms with Gasteiger partial charge in [-0.15, -0.1) is 0 Å². The number of hydrogen-bond acceptors (Lipinski definition) is 3. The third kappa shape index (κ3) is 4.33. The Morgan fingerprint density at radius 2 is 1.79 bits per heavy atom. The fourth-order valence-electron chi connectivity index (χ4n) is 1.57. The second kappa shape index (κ2) is 5.80. The quantitative estimate of drug-likeness (QED) is 0.620. The average molecular weight is 270 g/mol. The van der Waals surface area contributed by atoms with Gasteiger partial charge in [0.25, 0.3) is 0 Å². The Balaban J connectivity index is 2.23. The third-order valence-electron chi connectivity index (χ3n) is 2.31. The Bertz CT molecular complexity index is 562. The Kier molecular flexibility index (Phi) is 4.12. The molecule has 1 heterocycles. The van der Waals surface area contributed by atoms with E-state index in [-0.39, 0.29) is 0 Å². The van der Waals surface area contributed by atoms with E-state index in [1.165, 1.54) is 0 Å². The fraction of sp³-hybridized carbons (Fsp3) is 0.200. The summed E-state index contributed by atoms with van der Waals surface area (Å²) < 4.78 is 6.03. The van der Waals surface area contributed by atoms with Gasteiger partial charge in [0.2, 0.25) is 8.32 Å². The molecule has 0 saturated carbocycles. The zero-order valence-electron chi connectivity index (χ0n) is 11.5. The van der Waals surface area contributed by atoms with Gasteiger partial charge in [-0.1, -0.05) is 18.2 Å². The van der Waals surface area contributed by atoms with Crippen LogP contribution in [-0.4, -0.2) is 19.5 Å². The van der Waals surface area contributed by atoms with Crippen LogP contribution in [0.15, 0.2) is 53.7 Å². The Labute approximate surface area is 115 Å². The molecule has 0 fully saturated rings. The first-order valence-corrected chi connectivity index (χ1v) is 9.68. The molecule has 1 aromatic carbocycles. The molecule has 4 heteroatoms. The smallest absolute Gasteiger partial charge is 0.242 e. The molecule has 0 unspecified atom stereocenters. The molecular weight excluding hydrogens is 252 g/mol. The summed E-state index contributed by atoms with van der Waals surface area (Å²) in [6.45, 7) is 6.48. The van der Waals surface area contributed by atoms with Gasteiger partial charge in [0, 0.05) is 6.20 Å². The zero-order valence-corrected chi connectivity index (χ0v) is 12.5. The maximum absolute atomic E-state index is 6.03. The van der Waals surface area contributed by atoms with E-state index in [0.29, 0.717) is 0 Å². The minimum Gasteiger partial charge on any atom is -0.543 e. The molecule has 2 aromatic rings. The second-order valence-electron chi connectivity index (χ2n) is 5.19. The maximum Gasteiger partial charge on any atom is 0.242 e. The number of aliphatic imine (C=N–C) groups is 1. The molecule has 3 nitrogen and oxygen atoms in total. The van der Waals surface area contributed by atoms with Gasteiger partial charge >= 0.3 is 0 Å². The number of para-hydroxylation sites is 2. The molecule has 0 N–H and O–H groups in total. The van der Waals surface area contributed by atoms with Crippen molar-refractivity contribution in [2.75, 3.05) is 0 Å². The van der Waals surface area contributed by atoms with Crippen LogP contribution in [0.4, 0.5) is 5.69 Å². The summed E-state index contributed by atoms with van der Waals surface area (Å²) in [5.41, 5.74) is 1.68. The van der Waals surface area contributed by atoms with Crippen LogP contribution in [0.2, 0.25) is 19.6 Å². The minimum absolute atomic E-state index is 0.838. The molecule has 0 aliphatic carbocycles. The van der Waals surface area contributed by atoms with E-state index >= 15 is 0 Å². The Morgan fingerprint density at radius 3 is 2.47 bits per heavy atom. The highest BCUT2D eigenvalue weighted by Gasteiger charge is 2.17. The summed E-state index contributed by atoms with van der Waals surface area (Å²) in [5.74, 6) is 0.842. The minimum atomic E-state index is -1.63. The molecule has 0 bridgehead atoms. The molecule has 0 spiro atoms. The number of hydrogen-bond donors (Lipinski definition) is 0. The van der Waals surface area contributed by atoms with Crippen LogP contribution in [0.3, 0.4) is 0 Å². The van der Waals surface area contributed by atoms with E-state index in [1.807, 2.05) is 42.5 Å². The van der Waals surface area contributed by atoms with E-state index < -0.39 is 8.32 Å². The van der Waals surface area contributed by atoms with Crippen molar-refractivity contribution < 1.29 is 4.43 Å². The summed E-state index contributed by atoms with van der Waals surface area (Å²) >= 11 is 0. The van der Waals surface area contributed by atoms with Crippen molar-refractivity contribution in [1.82, 2.24) is 4.98 Å². The van der Waals surface area contributed by atoms with Crippen molar-refractivity contribution in [3.63, 3.8) is 0 Å². The normalized spacial score (nSPS) is 11.7. The summed E-state index contributed by atoms with van der Waals surface area (Å²) in [5, 5.41) is 0. The van der Waals surface area contributed by atoms with E-state index in [1.54, 1.807) is 12.4 Å². The Morgan fingerprint density at radius 1 is 1.05 bits per heavy atom.